The number of nitrogens with one attached hydrogen (secondary N) is 2. The second-order valence-corrected chi connectivity index (χ2v) is 24.7. The van der Waals surface area contributed by atoms with E-state index in [0.717, 1.165) is 29.2 Å². The standard InChI is InChI=1S/C60H62N6O12S2.2K/c1-6-64-47-25-23-41(79(72,73)74)33-44(47)59(2,3)49(64)14-11-15-50-60(4,5)45-34-42(80(75,76)77)24-26-48(45)65(50)31-9-7-8-16-51(67)61-30-28-52(68)78-35-39-27-29-62-55-43(39)12-10-13-46(55)63-56(69)36-19-21-40(22-20-36)66-57(70)53-37-17-18-38(32-37)54(53)58(66)71;;/h10-15,17-27,29,33-34,37-38,53-54H,6-9,16,28,30-32,35H2,1-5H3,(H3-,61,63,67,69,72,73,74,75,76,77);;/q;2*+1/p-1. The monoisotopic (exact) mass is 1200 g/mol. The van der Waals surface area contributed by atoms with Crippen molar-refractivity contribution in [3.05, 3.63) is 149 Å². The summed E-state index contributed by atoms with van der Waals surface area (Å²) in [7, 11) is -9.41. The molecular weight excluding hydrogens is 1140 g/mol. The number of allylic oxidation sites excluding steroid dienone is 6. The number of nitrogens with zero attached hydrogens (tertiary/aromatic N) is 4. The van der Waals surface area contributed by atoms with Crippen molar-refractivity contribution in [3.63, 3.8) is 0 Å². The van der Waals surface area contributed by atoms with Crippen LogP contribution in [-0.4, -0.2) is 90.4 Å². The second-order valence-electron chi connectivity index (χ2n) is 22.0. The Labute approximate surface area is 562 Å². The Hall–Kier alpha value is -4.38. The van der Waals surface area contributed by atoms with Crippen molar-refractivity contribution in [2.24, 2.45) is 23.7 Å². The molecule has 5 aromatic rings. The molecule has 1 aromatic heterocycles. The van der Waals surface area contributed by atoms with E-state index in [1.165, 1.54) is 29.2 Å². The summed E-state index contributed by atoms with van der Waals surface area (Å²) >= 11 is 0. The molecule has 1 saturated heterocycles. The van der Waals surface area contributed by atoms with E-state index >= 15 is 0 Å². The smallest absolute Gasteiger partial charge is 0.744 e. The zero-order valence-corrected chi connectivity index (χ0v) is 54.8. The van der Waals surface area contributed by atoms with Gasteiger partial charge in [-0.2, -0.15) is 4.58 Å². The minimum absolute atomic E-state index is 0. The van der Waals surface area contributed by atoms with Crippen LogP contribution < -0.4 is 123 Å². The van der Waals surface area contributed by atoms with Crippen molar-refractivity contribution in [1.82, 2.24) is 10.3 Å². The first kappa shape index (κ1) is 63.6. The zero-order valence-electron chi connectivity index (χ0n) is 46.9. The number of imide groups is 1. The number of ether oxygens (including phenoxy) is 1. The fourth-order valence-electron chi connectivity index (χ4n) is 12.4. The molecule has 2 aliphatic carbocycles. The van der Waals surface area contributed by atoms with Gasteiger partial charge in [-0.1, -0.05) is 44.2 Å². The maximum Gasteiger partial charge on any atom is 1.00 e. The van der Waals surface area contributed by atoms with Crippen molar-refractivity contribution in [1.29, 1.82) is 0 Å². The summed E-state index contributed by atoms with van der Waals surface area (Å²) in [5, 5.41) is 6.36. The van der Waals surface area contributed by atoms with Gasteiger partial charge in [-0.3, -0.25) is 33.9 Å². The molecule has 0 spiro atoms. The van der Waals surface area contributed by atoms with Crippen molar-refractivity contribution < 1.29 is 162 Å². The van der Waals surface area contributed by atoms with E-state index in [9.17, 15) is 49.9 Å². The predicted molar refractivity (Wildman–Crippen MR) is 297 cm³/mol. The van der Waals surface area contributed by atoms with Crippen LogP contribution in [0.5, 0.6) is 0 Å². The Bertz CT molecular complexity index is 3760. The molecule has 22 heteroatoms. The molecule has 0 radical (unpaired) electrons. The quantitative estimate of drug-likeness (QED) is 0.0228. The van der Waals surface area contributed by atoms with Gasteiger partial charge in [0.15, 0.2) is 5.71 Å². The zero-order chi connectivity index (χ0) is 57.1. The van der Waals surface area contributed by atoms with Crippen LogP contribution in [0.4, 0.5) is 22.7 Å². The van der Waals surface area contributed by atoms with Crippen LogP contribution in [0, 0.1) is 23.7 Å². The molecule has 4 atom stereocenters. The number of carbonyl (C=O) groups is 5. The first-order valence-electron chi connectivity index (χ1n) is 26.8. The maximum absolute atomic E-state index is 13.5. The third-order valence-electron chi connectivity index (χ3n) is 16.4. The van der Waals surface area contributed by atoms with Gasteiger partial charge in [-0.25, -0.2) is 16.8 Å². The van der Waals surface area contributed by atoms with Gasteiger partial charge < -0.3 is 29.4 Å². The number of amides is 4. The average Bonchev–Trinajstić information content (AvgIpc) is 4.24. The Morgan fingerprint density at radius 2 is 1.46 bits per heavy atom. The number of carbonyl (C=O) groups excluding carboxylic acids is 5. The third-order valence-corrected chi connectivity index (χ3v) is 18.1. The minimum Gasteiger partial charge on any atom is -0.744 e. The number of fused-ring (bicyclic) bond motifs is 8. The second kappa shape index (κ2) is 25.3. The number of hydrogen-bond acceptors (Lipinski definition) is 14. The molecule has 18 nitrogen and oxygen atoms in total. The third kappa shape index (κ3) is 12.5. The minimum atomic E-state index is -4.74. The number of pyridine rings is 1. The Balaban J connectivity index is 0.00000440. The number of anilines is 3. The van der Waals surface area contributed by atoms with Gasteiger partial charge in [-0.15, -0.1) is 0 Å². The summed E-state index contributed by atoms with van der Waals surface area (Å²) in [6.45, 7) is 10.9. The molecule has 3 aliphatic heterocycles. The molecule has 416 valence electrons. The number of esters is 1. The SMILES string of the molecule is CCN1/C(=C/C=C/C2=[N+](CCCCCC(=O)NCCC(=O)OCc3ccnc4c(NC(=O)c5ccc(N6C(=O)C7C8C=CC(C8)C7C6=O)cc5)cccc34)c3ccc(S(=O)(=O)[O-])cc3C2(C)C)C(C)(C)c2cc(S(=O)(=O)[O-])ccc21.[K+].[K+]. The summed E-state index contributed by atoms with van der Waals surface area (Å²) in [6.07, 6.45) is 14.3. The molecule has 4 aromatic carbocycles. The summed E-state index contributed by atoms with van der Waals surface area (Å²) in [4.78, 5) is 73.0. The van der Waals surface area contributed by atoms with Crippen LogP contribution in [0.2, 0.25) is 0 Å². The van der Waals surface area contributed by atoms with Gasteiger partial charge in [0, 0.05) is 83.1 Å². The Kier molecular flexibility index (Phi) is 19.6. The molecule has 5 aliphatic rings. The van der Waals surface area contributed by atoms with Crippen molar-refractivity contribution in [3.8, 4) is 0 Å². The molecule has 4 unspecified atom stereocenters. The van der Waals surface area contributed by atoms with Gasteiger partial charge in [0.05, 0.1) is 50.4 Å². The average molecular weight is 1200 g/mol. The van der Waals surface area contributed by atoms with Crippen molar-refractivity contribution >= 4 is 89.2 Å². The summed E-state index contributed by atoms with van der Waals surface area (Å²) in [5.74, 6) is -2.01. The largest absolute Gasteiger partial charge is 1.00 e. The number of benzene rings is 4. The van der Waals surface area contributed by atoms with Gasteiger partial charge in [0.1, 0.15) is 33.4 Å². The molecule has 4 amide bonds. The fourth-order valence-corrected chi connectivity index (χ4v) is 13.4. The topological polar surface area (TPSA) is 255 Å². The number of rotatable bonds is 19. The predicted octanol–water partition coefficient (Wildman–Crippen LogP) is 2.06. The number of likely N-dealkylation sites (N-methyl/N-ethyl adjacent to an activating group) is 1. The van der Waals surface area contributed by atoms with Gasteiger partial charge in [0.2, 0.25) is 23.4 Å². The number of hydrogen-bond donors (Lipinski definition) is 2. The van der Waals surface area contributed by atoms with Crippen molar-refractivity contribution in [2.45, 2.75) is 100 Å². The first-order valence-corrected chi connectivity index (χ1v) is 29.6. The molecule has 4 heterocycles. The van der Waals surface area contributed by atoms with E-state index in [2.05, 4.69) is 25.1 Å². The van der Waals surface area contributed by atoms with Crippen LogP contribution in [-0.2, 0) is 61.6 Å². The molecule has 2 fully saturated rings. The molecule has 10 rings (SSSR count). The van der Waals surface area contributed by atoms with Gasteiger partial charge in [0.25, 0.3) is 5.91 Å². The van der Waals surface area contributed by atoms with E-state index in [4.69, 9.17) is 4.74 Å². The fraction of sp³-hybridized carbons (Fsp3) is 0.350. The maximum atomic E-state index is 13.5. The van der Waals surface area contributed by atoms with E-state index < -0.39 is 42.9 Å². The van der Waals surface area contributed by atoms with E-state index in [0.29, 0.717) is 76.9 Å². The van der Waals surface area contributed by atoms with Crippen LogP contribution in [0.25, 0.3) is 10.9 Å². The molecule has 82 heavy (non-hydrogen) atoms. The van der Waals surface area contributed by atoms with Crippen LogP contribution in [0.15, 0.2) is 137 Å². The first-order chi connectivity index (χ1) is 38.0. The van der Waals surface area contributed by atoms with Crippen LogP contribution in [0.1, 0.15) is 100 Å². The van der Waals surface area contributed by atoms with E-state index in [1.807, 2.05) is 71.1 Å². The van der Waals surface area contributed by atoms with E-state index in [1.54, 1.807) is 60.8 Å². The summed E-state index contributed by atoms with van der Waals surface area (Å²) < 4.78 is 79.9. The molecular formula is C60H61K2N6O12S2+. The number of aromatic nitrogens is 1. The number of para-hydroxylation sites is 1. The summed E-state index contributed by atoms with van der Waals surface area (Å²) in [6, 6.07) is 22.2. The van der Waals surface area contributed by atoms with Crippen LogP contribution in [0.3, 0.4) is 0 Å². The normalized spacial score (nSPS) is 20.5. The molecule has 2 N–H and O–H groups in total. The van der Waals surface area contributed by atoms with Crippen molar-refractivity contribution in [2.75, 3.05) is 34.8 Å². The summed E-state index contributed by atoms with van der Waals surface area (Å²) in [5.41, 5.74) is 5.59. The molecule has 1 saturated carbocycles. The van der Waals surface area contributed by atoms with Crippen LogP contribution >= 0.6 is 0 Å². The van der Waals surface area contributed by atoms with E-state index in [-0.39, 0.29) is 180 Å². The Morgan fingerprint density at radius 3 is 2.12 bits per heavy atom. The van der Waals surface area contributed by atoms with Gasteiger partial charge in [-0.05, 0) is 130 Å². The Morgan fingerprint density at radius 1 is 0.805 bits per heavy atom. The number of unbranched alkanes of at least 4 members (excludes halogenated alkanes) is 2. The molecule has 2 bridgehead atoms. The van der Waals surface area contributed by atoms with Gasteiger partial charge >= 0.3 is 109 Å².